The van der Waals surface area contributed by atoms with E-state index in [2.05, 4.69) is 24.5 Å². The molecule has 29 heavy (non-hydrogen) atoms. The smallest absolute Gasteiger partial charge is 0.251 e. The van der Waals surface area contributed by atoms with E-state index in [4.69, 9.17) is 23.2 Å². The monoisotopic (exact) mass is 432 g/mol. The van der Waals surface area contributed by atoms with Crippen LogP contribution in [0.15, 0.2) is 48.5 Å². The maximum absolute atomic E-state index is 12.2. The highest BCUT2D eigenvalue weighted by Crippen LogP contribution is 2.38. The topological polar surface area (TPSA) is 41.1 Å². The predicted molar refractivity (Wildman–Crippen MR) is 123 cm³/mol. The first-order valence-electron chi connectivity index (χ1n) is 10.4. The molecule has 3 rings (SSSR count). The fourth-order valence-corrected chi connectivity index (χ4v) is 4.62. The number of hydrogen-bond acceptors (Lipinski definition) is 2. The van der Waals surface area contributed by atoms with Gasteiger partial charge in [-0.25, -0.2) is 0 Å². The summed E-state index contributed by atoms with van der Waals surface area (Å²) in [4.78, 5) is 12.2. The van der Waals surface area contributed by atoms with Crippen molar-refractivity contribution in [3.05, 3.63) is 64.1 Å². The molecule has 1 aliphatic carbocycles. The Balaban J connectivity index is 1.41. The number of carbonyl (C=O) groups excluding carboxylic acids is 1. The van der Waals surface area contributed by atoms with Crippen molar-refractivity contribution in [3.8, 4) is 0 Å². The van der Waals surface area contributed by atoms with Crippen LogP contribution in [0.4, 0.5) is 5.69 Å². The van der Waals surface area contributed by atoms with Crippen LogP contribution in [0.25, 0.3) is 0 Å². The van der Waals surface area contributed by atoms with Crippen LogP contribution in [0.3, 0.4) is 0 Å². The van der Waals surface area contributed by atoms with Crippen molar-refractivity contribution in [2.45, 2.75) is 51.5 Å². The van der Waals surface area contributed by atoms with Gasteiger partial charge in [0.2, 0.25) is 0 Å². The summed E-state index contributed by atoms with van der Waals surface area (Å²) in [5.41, 5.74) is 1.78. The summed E-state index contributed by atoms with van der Waals surface area (Å²) >= 11 is 12.0. The number of nitrogens with one attached hydrogen (secondary N) is 2. The Morgan fingerprint density at radius 1 is 1.00 bits per heavy atom. The molecular formula is C24H30Cl2N2O. The van der Waals surface area contributed by atoms with Gasteiger partial charge in [0.25, 0.3) is 5.91 Å². The lowest BCUT2D eigenvalue weighted by atomic mass is 9.72. The molecule has 0 spiro atoms. The molecule has 0 aromatic heterocycles. The first-order valence-corrected chi connectivity index (χ1v) is 11.2. The molecule has 1 amide bonds. The Kier molecular flexibility index (Phi) is 7.48. The quantitative estimate of drug-likeness (QED) is 0.504. The van der Waals surface area contributed by atoms with Gasteiger partial charge in [0.05, 0.1) is 0 Å². The molecule has 1 saturated carbocycles. The Hall–Kier alpha value is -1.71. The van der Waals surface area contributed by atoms with Crippen LogP contribution in [0.5, 0.6) is 0 Å². The van der Waals surface area contributed by atoms with Crippen LogP contribution < -0.4 is 10.6 Å². The minimum Gasteiger partial charge on any atom is -0.380 e. The van der Waals surface area contributed by atoms with E-state index in [1.165, 1.54) is 25.7 Å². The number of carbonyl (C=O) groups is 1. The number of benzene rings is 2. The van der Waals surface area contributed by atoms with Crippen molar-refractivity contribution in [2.24, 2.45) is 11.8 Å². The minimum atomic E-state index is -0.0468. The summed E-state index contributed by atoms with van der Waals surface area (Å²) in [5.74, 6) is 1.27. The Labute approximate surface area is 184 Å². The van der Waals surface area contributed by atoms with Crippen molar-refractivity contribution in [1.82, 2.24) is 5.32 Å². The molecule has 3 nitrogen and oxygen atoms in total. The summed E-state index contributed by atoms with van der Waals surface area (Å²) in [6.45, 7) is 5.29. The van der Waals surface area contributed by atoms with Gasteiger partial charge in [-0.3, -0.25) is 4.79 Å². The molecule has 0 radical (unpaired) electrons. The molecule has 1 fully saturated rings. The lowest BCUT2D eigenvalue weighted by Crippen LogP contribution is -2.41. The first-order chi connectivity index (χ1) is 13.8. The third-order valence-corrected chi connectivity index (χ3v) is 6.59. The minimum absolute atomic E-state index is 0.0413. The second-order valence-electron chi connectivity index (χ2n) is 8.63. The maximum atomic E-state index is 12.2. The number of rotatable bonds is 7. The second-order valence-corrected chi connectivity index (χ2v) is 9.50. The number of amides is 1. The van der Waals surface area contributed by atoms with Gasteiger partial charge in [0.1, 0.15) is 0 Å². The van der Waals surface area contributed by atoms with Crippen LogP contribution >= 0.6 is 23.2 Å². The van der Waals surface area contributed by atoms with E-state index in [9.17, 15) is 4.79 Å². The van der Waals surface area contributed by atoms with Gasteiger partial charge in [-0.05, 0) is 87.4 Å². The standard InChI is InChI=1S/C24H30Cl2N2O/c1-24(2,28-22-12-10-20(25)11-13-22)19-8-6-17(7-9-19)14-15-27-23(29)18-4-3-5-21(26)16-18/h3-5,10-13,16-17,19,28H,6-9,14-15H2,1-2H3,(H,27,29). The van der Waals surface area contributed by atoms with Gasteiger partial charge < -0.3 is 10.6 Å². The molecule has 0 bridgehead atoms. The Morgan fingerprint density at radius 2 is 1.69 bits per heavy atom. The largest absolute Gasteiger partial charge is 0.380 e. The van der Waals surface area contributed by atoms with E-state index in [1.54, 1.807) is 24.3 Å². The number of halogens is 2. The van der Waals surface area contributed by atoms with E-state index >= 15 is 0 Å². The van der Waals surface area contributed by atoms with Crippen molar-refractivity contribution >= 4 is 34.8 Å². The Bertz CT molecular complexity index is 812. The van der Waals surface area contributed by atoms with Gasteiger partial charge >= 0.3 is 0 Å². The molecule has 0 heterocycles. The van der Waals surface area contributed by atoms with Crippen LogP contribution in [0, 0.1) is 11.8 Å². The lowest BCUT2D eigenvalue weighted by molar-refractivity contribution is 0.0949. The zero-order valence-electron chi connectivity index (χ0n) is 17.2. The number of anilines is 1. The van der Waals surface area contributed by atoms with E-state index in [-0.39, 0.29) is 11.4 Å². The third-order valence-electron chi connectivity index (χ3n) is 6.10. The molecule has 0 atom stereocenters. The highest BCUT2D eigenvalue weighted by Gasteiger charge is 2.33. The SMILES string of the molecule is CC(C)(Nc1ccc(Cl)cc1)C1CCC(CCNC(=O)c2cccc(Cl)c2)CC1. The average molecular weight is 433 g/mol. The highest BCUT2D eigenvalue weighted by molar-refractivity contribution is 6.31. The van der Waals surface area contributed by atoms with Crippen LogP contribution in [-0.4, -0.2) is 18.0 Å². The first kappa shape index (κ1) is 22.0. The second kappa shape index (κ2) is 9.86. The van der Waals surface area contributed by atoms with E-state index < -0.39 is 0 Å². The van der Waals surface area contributed by atoms with Crippen molar-refractivity contribution in [3.63, 3.8) is 0 Å². The zero-order valence-corrected chi connectivity index (χ0v) is 18.7. The molecule has 2 aromatic carbocycles. The van der Waals surface area contributed by atoms with Crippen molar-refractivity contribution < 1.29 is 4.79 Å². The summed E-state index contributed by atoms with van der Waals surface area (Å²) in [5, 5.41) is 8.06. The predicted octanol–water partition coefficient (Wildman–Crippen LogP) is 6.81. The normalized spacial score (nSPS) is 19.6. The van der Waals surface area contributed by atoms with Crippen molar-refractivity contribution in [2.75, 3.05) is 11.9 Å². The van der Waals surface area contributed by atoms with E-state index in [1.807, 2.05) is 24.3 Å². The molecule has 156 valence electrons. The van der Waals surface area contributed by atoms with Crippen molar-refractivity contribution in [1.29, 1.82) is 0 Å². The fraction of sp³-hybridized carbons (Fsp3) is 0.458. The molecule has 5 heteroatoms. The van der Waals surface area contributed by atoms with Gasteiger partial charge in [0.15, 0.2) is 0 Å². The number of hydrogen-bond donors (Lipinski definition) is 2. The molecule has 2 aromatic rings. The Morgan fingerprint density at radius 3 is 2.34 bits per heavy atom. The average Bonchev–Trinajstić information content (AvgIpc) is 2.70. The van der Waals surface area contributed by atoms with Gasteiger partial charge in [-0.15, -0.1) is 0 Å². The third kappa shape index (κ3) is 6.38. The molecule has 0 unspecified atom stereocenters. The highest BCUT2D eigenvalue weighted by atomic mass is 35.5. The van der Waals surface area contributed by atoms with E-state index in [0.29, 0.717) is 29.0 Å². The summed E-state index contributed by atoms with van der Waals surface area (Å²) in [6, 6.07) is 15.0. The molecule has 2 N–H and O–H groups in total. The lowest BCUT2D eigenvalue weighted by Gasteiger charge is -2.40. The molecule has 0 aliphatic heterocycles. The molecule has 1 aliphatic rings. The molecule has 0 saturated heterocycles. The summed E-state index contributed by atoms with van der Waals surface area (Å²) in [7, 11) is 0. The zero-order chi connectivity index (χ0) is 20.9. The maximum Gasteiger partial charge on any atom is 0.251 e. The van der Waals surface area contributed by atoms with Crippen LogP contribution in [-0.2, 0) is 0 Å². The van der Waals surface area contributed by atoms with Gasteiger partial charge in [-0.2, -0.15) is 0 Å². The van der Waals surface area contributed by atoms with Gasteiger partial charge in [-0.1, -0.05) is 42.1 Å². The summed E-state index contributed by atoms with van der Waals surface area (Å²) in [6.07, 6.45) is 5.87. The fourth-order valence-electron chi connectivity index (χ4n) is 4.30. The van der Waals surface area contributed by atoms with Crippen LogP contribution in [0.1, 0.15) is 56.3 Å². The molecular weight excluding hydrogens is 403 g/mol. The van der Waals surface area contributed by atoms with Crippen LogP contribution in [0.2, 0.25) is 10.0 Å². The van der Waals surface area contributed by atoms with Gasteiger partial charge in [0, 0.05) is 33.4 Å². The summed E-state index contributed by atoms with van der Waals surface area (Å²) < 4.78 is 0. The van der Waals surface area contributed by atoms with E-state index in [0.717, 1.165) is 17.1 Å².